The van der Waals surface area contributed by atoms with Gasteiger partial charge in [-0.3, -0.25) is 0 Å². The number of benzene rings is 2. The summed E-state index contributed by atoms with van der Waals surface area (Å²) in [4.78, 5) is 2.33. The molecule has 2 aromatic carbocycles. The summed E-state index contributed by atoms with van der Waals surface area (Å²) in [6.07, 6.45) is 2.08. The summed E-state index contributed by atoms with van der Waals surface area (Å²) >= 11 is 0. The van der Waals surface area contributed by atoms with Crippen LogP contribution in [0.25, 0.3) is 10.8 Å². The Balaban J connectivity index is 1.65. The van der Waals surface area contributed by atoms with Gasteiger partial charge in [0.1, 0.15) is 0 Å². The zero-order valence-corrected chi connectivity index (χ0v) is 12.5. The van der Waals surface area contributed by atoms with Gasteiger partial charge in [0.05, 0.1) is 12.2 Å². The molecule has 21 heavy (non-hydrogen) atoms. The molecule has 0 radical (unpaired) electrons. The number of hydrogen-bond donors (Lipinski definition) is 1. The van der Waals surface area contributed by atoms with Crippen molar-refractivity contribution in [3.8, 4) is 0 Å². The first kappa shape index (κ1) is 14.5. The lowest BCUT2D eigenvalue weighted by atomic mass is 10.0. The number of rotatable bonds is 4. The first-order chi connectivity index (χ1) is 10.3. The van der Waals surface area contributed by atoms with Crippen LogP contribution in [-0.4, -0.2) is 42.9 Å². The molecule has 0 spiro atoms. The highest BCUT2D eigenvalue weighted by Crippen LogP contribution is 2.22. The van der Waals surface area contributed by atoms with Gasteiger partial charge in [-0.2, -0.15) is 0 Å². The molecule has 1 atom stereocenters. The minimum absolute atomic E-state index is 0.388. The fourth-order valence-corrected chi connectivity index (χ4v) is 3.09. The Morgan fingerprint density at radius 1 is 1.14 bits per heavy atom. The van der Waals surface area contributed by atoms with Crippen LogP contribution in [0.4, 0.5) is 0 Å². The van der Waals surface area contributed by atoms with E-state index in [1.54, 1.807) is 7.11 Å². The van der Waals surface area contributed by atoms with Crippen molar-refractivity contribution in [1.82, 2.24) is 4.90 Å². The van der Waals surface area contributed by atoms with E-state index in [-0.39, 0.29) is 0 Å². The molecule has 1 aliphatic rings. The molecule has 1 aliphatic heterocycles. The third kappa shape index (κ3) is 3.43. The average Bonchev–Trinajstić information content (AvgIpc) is 2.55. The number of nitrogens with zero attached hydrogens (tertiary/aromatic N) is 1. The summed E-state index contributed by atoms with van der Waals surface area (Å²) in [5.74, 6) is 0. The number of methoxy groups -OCH3 is 1. The largest absolute Gasteiger partial charge is 0.387 e. The highest BCUT2D eigenvalue weighted by molar-refractivity contribution is 5.83. The van der Waals surface area contributed by atoms with Crippen LogP contribution in [-0.2, 0) is 4.74 Å². The minimum Gasteiger partial charge on any atom is -0.387 e. The third-order valence-electron chi connectivity index (χ3n) is 4.46. The van der Waals surface area contributed by atoms with Crippen molar-refractivity contribution in [3.05, 3.63) is 48.0 Å². The number of β-amino-alcohol motifs (C(OH)–C–C–N with tert-alkyl or cyclic N) is 1. The summed E-state index contributed by atoms with van der Waals surface area (Å²) in [7, 11) is 1.78. The van der Waals surface area contributed by atoms with Crippen LogP contribution >= 0.6 is 0 Å². The molecule has 0 amide bonds. The molecule has 0 saturated carbocycles. The van der Waals surface area contributed by atoms with E-state index < -0.39 is 6.10 Å². The maximum absolute atomic E-state index is 10.5. The van der Waals surface area contributed by atoms with Crippen LogP contribution in [0.2, 0.25) is 0 Å². The predicted molar refractivity (Wildman–Crippen MR) is 85.4 cm³/mol. The lowest BCUT2D eigenvalue weighted by Gasteiger charge is -2.32. The number of piperidine rings is 1. The topological polar surface area (TPSA) is 32.7 Å². The van der Waals surface area contributed by atoms with Crippen molar-refractivity contribution in [2.75, 3.05) is 26.7 Å². The SMILES string of the molecule is COC1CCN(CC(O)c2ccc3ccccc3c2)CC1. The second-order valence-corrected chi connectivity index (χ2v) is 5.86. The molecule has 1 heterocycles. The second-order valence-electron chi connectivity index (χ2n) is 5.86. The molecule has 1 unspecified atom stereocenters. The summed E-state index contributed by atoms with van der Waals surface area (Å²) in [6, 6.07) is 14.5. The van der Waals surface area contributed by atoms with Gasteiger partial charge in [-0.1, -0.05) is 36.4 Å². The summed E-state index contributed by atoms with van der Waals surface area (Å²) in [5.41, 5.74) is 1.00. The van der Waals surface area contributed by atoms with E-state index >= 15 is 0 Å². The van der Waals surface area contributed by atoms with Gasteiger partial charge in [0.25, 0.3) is 0 Å². The van der Waals surface area contributed by atoms with Gasteiger partial charge in [0.2, 0.25) is 0 Å². The van der Waals surface area contributed by atoms with Crippen LogP contribution in [0, 0.1) is 0 Å². The number of hydrogen-bond acceptors (Lipinski definition) is 3. The molecule has 3 nitrogen and oxygen atoms in total. The van der Waals surface area contributed by atoms with E-state index in [1.807, 2.05) is 18.2 Å². The highest BCUT2D eigenvalue weighted by Gasteiger charge is 2.21. The van der Waals surface area contributed by atoms with E-state index in [0.717, 1.165) is 31.5 Å². The van der Waals surface area contributed by atoms with E-state index in [1.165, 1.54) is 10.8 Å². The monoisotopic (exact) mass is 285 g/mol. The molecule has 0 aromatic heterocycles. The van der Waals surface area contributed by atoms with Crippen LogP contribution < -0.4 is 0 Å². The smallest absolute Gasteiger partial charge is 0.0917 e. The Morgan fingerprint density at radius 2 is 1.86 bits per heavy atom. The maximum atomic E-state index is 10.5. The Hall–Kier alpha value is -1.42. The molecule has 0 bridgehead atoms. The van der Waals surface area contributed by atoms with E-state index in [9.17, 15) is 5.11 Å². The fourth-order valence-electron chi connectivity index (χ4n) is 3.09. The van der Waals surface area contributed by atoms with Crippen molar-refractivity contribution in [1.29, 1.82) is 0 Å². The van der Waals surface area contributed by atoms with Crippen molar-refractivity contribution < 1.29 is 9.84 Å². The van der Waals surface area contributed by atoms with Crippen molar-refractivity contribution in [3.63, 3.8) is 0 Å². The van der Waals surface area contributed by atoms with Gasteiger partial charge >= 0.3 is 0 Å². The molecule has 1 N–H and O–H groups in total. The number of aliphatic hydroxyl groups excluding tert-OH is 1. The number of aliphatic hydroxyl groups is 1. The second kappa shape index (κ2) is 6.56. The van der Waals surface area contributed by atoms with E-state index in [4.69, 9.17) is 4.74 Å². The summed E-state index contributed by atoms with van der Waals surface area (Å²) in [5, 5.41) is 12.9. The van der Waals surface area contributed by atoms with Gasteiger partial charge in [0, 0.05) is 26.7 Å². The van der Waals surface area contributed by atoms with Crippen molar-refractivity contribution in [2.45, 2.75) is 25.0 Å². The number of fused-ring (bicyclic) bond motifs is 1. The van der Waals surface area contributed by atoms with Crippen LogP contribution in [0.3, 0.4) is 0 Å². The predicted octanol–water partition coefficient (Wildman–Crippen LogP) is 2.98. The Morgan fingerprint density at radius 3 is 2.57 bits per heavy atom. The molecule has 3 rings (SSSR count). The van der Waals surface area contributed by atoms with Gasteiger partial charge in [-0.25, -0.2) is 0 Å². The van der Waals surface area contributed by atoms with Crippen LogP contribution in [0.15, 0.2) is 42.5 Å². The Labute approximate surface area is 126 Å². The zero-order chi connectivity index (χ0) is 14.7. The molecule has 2 aromatic rings. The number of ether oxygens (including phenoxy) is 1. The van der Waals surface area contributed by atoms with Gasteiger partial charge < -0.3 is 14.7 Å². The molecule has 3 heteroatoms. The normalized spacial score (nSPS) is 19.0. The van der Waals surface area contributed by atoms with Gasteiger partial charge in [0.15, 0.2) is 0 Å². The van der Waals surface area contributed by atoms with E-state index in [2.05, 4.69) is 29.2 Å². The number of likely N-dealkylation sites (tertiary alicyclic amines) is 1. The fraction of sp³-hybridized carbons (Fsp3) is 0.444. The van der Waals surface area contributed by atoms with Crippen LogP contribution in [0.1, 0.15) is 24.5 Å². The van der Waals surface area contributed by atoms with Gasteiger partial charge in [-0.05, 0) is 35.2 Å². The first-order valence-corrected chi connectivity index (χ1v) is 7.68. The summed E-state index contributed by atoms with van der Waals surface area (Å²) < 4.78 is 5.39. The van der Waals surface area contributed by atoms with Gasteiger partial charge in [-0.15, -0.1) is 0 Å². The zero-order valence-electron chi connectivity index (χ0n) is 12.5. The standard InChI is InChI=1S/C18H23NO2/c1-21-17-8-10-19(11-9-17)13-18(20)16-7-6-14-4-2-3-5-15(14)12-16/h2-7,12,17-18,20H,8-11,13H2,1H3. The first-order valence-electron chi connectivity index (χ1n) is 7.68. The lowest BCUT2D eigenvalue weighted by molar-refractivity contribution is 0.0242. The highest BCUT2D eigenvalue weighted by atomic mass is 16.5. The lowest BCUT2D eigenvalue weighted by Crippen LogP contribution is -2.38. The van der Waals surface area contributed by atoms with Crippen molar-refractivity contribution in [2.24, 2.45) is 0 Å². The molecule has 0 aliphatic carbocycles. The maximum Gasteiger partial charge on any atom is 0.0917 e. The molecular weight excluding hydrogens is 262 g/mol. The average molecular weight is 285 g/mol. The summed E-state index contributed by atoms with van der Waals surface area (Å²) in [6.45, 7) is 2.71. The molecular formula is C18H23NO2. The van der Waals surface area contributed by atoms with Crippen molar-refractivity contribution >= 4 is 10.8 Å². The molecule has 1 fully saturated rings. The quantitative estimate of drug-likeness (QED) is 0.937. The molecule has 1 saturated heterocycles. The Kier molecular flexibility index (Phi) is 4.54. The third-order valence-corrected chi connectivity index (χ3v) is 4.46. The molecule has 112 valence electrons. The van der Waals surface area contributed by atoms with Crippen LogP contribution in [0.5, 0.6) is 0 Å². The van der Waals surface area contributed by atoms with E-state index in [0.29, 0.717) is 12.6 Å². The minimum atomic E-state index is -0.422. The Bertz CT molecular complexity index is 591.